The molecule has 0 saturated heterocycles. The Labute approximate surface area is 123 Å². The number of carbonyl (C=O) groups excluding carboxylic acids is 1. The smallest absolute Gasteiger partial charge is 0.277 e. The van der Waals surface area contributed by atoms with Crippen molar-refractivity contribution < 1.29 is 14.3 Å². The van der Waals surface area contributed by atoms with Crippen molar-refractivity contribution in [2.75, 3.05) is 14.2 Å². The van der Waals surface area contributed by atoms with Gasteiger partial charge in [-0.25, -0.2) is 4.99 Å². The van der Waals surface area contributed by atoms with Gasteiger partial charge < -0.3 is 9.47 Å². The van der Waals surface area contributed by atoms with Gasteiger partial charge in [0, 0.05) is 23.6 Å². The van der Waals surface area contributed by atoms with Crippen molar-refractivity contribution in [1.29, 1.82) is 0 Å². The highest BCUT2D eigenvalue weighted by Crippen LogP contribution is 2.28. The zero-order valence-corrected chi connectivity index (χ0v) is 11.9. The Morgan fingerprint density at radius 3 is 2.57 bits per heavy atom. The molecule has 21 heavy (non-hydrogen) atoms. The Morgan fingerprint density at radius 1 is 1.00 bits per heavy atom. The van der Waals surface area contributed by atoms with Crippen LogP contribution in [0, 0.1) is 0 Å². The fourth-order valence-corrected chi connectivity index (χ4v) is 2.48. The summed E-state index contributed by atoms with van der Waals surface area (Å²) in [7, 11) is 3.20. The van der Waals surface area contributed by atoms with Gasteiger partial charge in [0.25, 0.3) is 5.91 Å². The molecule has 2 aromatic rings. The normalized spacial score (nSPS) is 13.4. The van der Waals surface area contributed by atoms with E-state index in [9.17, 15) is 4.79 Å². The minimum absolute atomic E-state index is 0.204. The molecule has 2 aromatic carbocycles. The highest BCUT2D eigenvalue weighted by Gasteiger charge is 2.22. The topological polar surface area (TPSA) is 47.9 Å². The number of benzene rings is 2. The van der Waals surface area contributed by atoms with E-state index in [4.69, 9.17) is 9.47 Å². The summed E-state index contributed by atoms with van der Waals surface area (Å²) in [5.41, 5.74) is 3.21. The molecular weight excluding hydrogens is 266 g/mol. The Morgan fingerprint density at radius 2 is 1.81 bits per heavy atom. The Bertz CT molecular complexity index is 735. The van der Waals surface area contributed by atoms with E-state index in [1.807, 2.05) is 36.4 Å². The summed E-state index contributed by atoms with van der Waals surface area (Å²) < 4.78 is 10.6. The molecule has 0 atom stereocenters. The van der Waals surface area contributed by atoms with Crippen LogP contribution in [0.3, 0.4) is 0 Å². The summed E-state index contributed by atoms with van der Waals surface area (Å²) in [4.78, 5) is 16.4. The van der Waals surface area contributed by atoms with Crippen LogP contribution in [0.2, 0.25) is 0 Å². The van der Waals surface area contributed by atoms with E-state index in [0.29, 0.717) is 23.5 Å². The van der Waals surface area contributed by atoms with Gasteiger partial charge in [-0.3, -0.25) is 4.79 Å². The van der Waals surface area contributed by atoms with E-state index in [1.165, 1.54) is 0 Å². The van der Waals surface area contributed by atoms with Crippen LogP contribution in [0.15, 0.2) is 47.5 Å². The number of nitrogens with zero attached hydrogens (tertiary/aromatic N) is 1. The summed E-state index contributed by atoms with van der Waals surface area (Å²) in [6.45, 7) is 0. The predicted molar refractivity (Wildman–Crippen MR) is 80.6 cm³/mol. The molecule has 0 fully saturated rings. The highest BCUT2D eigenvalue weighted by atomic mass is 16.5. The van der Waals surface area contributed by atoms with Crippen molar-refractivity contribution in [3.63, 3.8) is 0 Å². The van der Waals surface area contributed by atoms with Crippen LogP contribution in [0.4, 0.5) is 0 Å². The Balaban J connectivity index is 2.05. The first kappa shape index (κ1) is 13.4. The van der Waals surface area contributed by atoms with Crippen LogP contribution < -0.4 is 9.47 Å². The van der Waals surface area contributed by atoms with Crippen LogP contribution in [-0.2, 0) is 6.42 Å². The molecule has 106 valence electrons. The van der Waals surface area contributed by atoms with Gasteiger partial charge in [-0.05, 0) is 23.8 Å². The molecule has 4 nitrogen and oxygen atoms in total. The quantitative estimate of drug-likeness (QED) is 0.869. The molecule has 0 saturated carbocycles. The Kier molecular flexibility index (Phi) is 3.44. The lowest BCUT2D eigenvalue weighted by atomic mass is 9.94. The number of ether oxygens (including phenoxy) is 2. The summed E-state index contributed by atoms with van der Waals surface area (Å²) >= 11 is 0. The molecular formula is C17H15NO3. The zero-order chi connectivity index (χ0) is 14.8. The van der Waals surface area contributed by atoms with Crippen molar-refractivity contribution in [1.82, 2.24) is 0 Å². The van der Waals surface area contributed by atoms with Gasteiger partial charge in [0.05, 0.1) is 19.9 Å². The van der Waals surface area contributed by atoms with E-state index in [1.54, 1.807) is 20.3 Å². The maximum Gasteiger partial charge on any atom is 0.277 e. The predicted octanol–water partition coefficient (Wildman–Crippen LogP) is 2.89. The van der Waals surface area contributed by atoms with Gasteiger partial charge in [0.1, 0.15) is 11.5 Å². The minimum atomic E-state index is -0.204. The lowest BCUT2D eigenvalue weighted by Crippen LogP contribution is -2.18. The first-order valence-corrected chi connectivity index (χ1v) is 6.65. The first-order chi connectivity index (χ1) is 10.2. The van der Waals surface area contributed by atoms with Crippen molar-refractivity contribution in [3.05, 3.63) is 59.2 Å². The average molecular weight is 281 g/mol. The second kappa shape index (κ2) is 5.40. The Hall–Kier alpha value is -2.62. The summed E-state index contributed by atoms with van der Waals surface area (Å²) in [6, 6.07) is 13.1. The first-order valence-electron chi connectivity index (χ1n) is 6.65. The van der Waals surface area contributed by atoms with Gasteiger partial charge in [-0.15, -0.1) is 0 Å². The van der Waals surface area contributed by atoms with Crippen LogP contribution >= 0.6 is 0 Å². The largest absolute Gasteiger partial charge is 0.497 e. The van der Waals surface area contributed by atoms with Crippen LogP contribution in [0.25, 0.3) is 0 Å². The van der Waals surface area contributed by atoms with Crippen molar-refractivity contribution in [2.45, 2.75) is 6.42 Å². The van der Waals surface area contributed by atoms with E-state index >= 15 is 0 Å². The van der Waals surface area contributed by atoms with Gasteiger partial charge in [-0.1, -0.05) is 18.2 Å². The average Bonchev–Trinajstić information content (AvgIpc) is 2.54. The van der Waals surface area contributed by atoms with Crippen molar-refractivity contribution in [3.8, 4) is 11.5 Å². The molecule has 1 aliphatic heterocycles. The number of hydrogen-bond donors (Lipinski definition) is 0. The number of amides is 1. The molecule has 0 unspecified atom stereocenters. The molecule has 0 spiro atoms. The summed E-state index contributed by atoms with van der Waals surface area (Å²) in [6.07, 6.45) is 0.616. The van der Waals surface area contributed by atoms with Crippen molar-refractivity contribution in [2.24, 2.45) is 4.99 Å². The maximum absolute atomic E-state index is 12.1. The molecule has 1 aliphatic rings. The van der Waals surface area contributed by atoms with Crippen molar-refractivity contribution >= 4 is 11.6 Å². The fraction of sp³-hybridized carbons (Fsp3) is 0.176. The number of carbonyl (C=O) groups is 1. The zero-order valence-electron chi connectivity index (χ0n) is 11.9. The van der Waals surface area contributed by atoms with Crippen LogP contribution in [0.1, 0.15) is 21.5 Å². The third-order valence-electron chi connectivity index (χ3n) is 3.56. The maximum atomic E-state index is 12.1. The second-order valence-corrected chi connectivity index (χ2v) is 4.76. The van der Waals surface area contributed by atoms with E-state index in [-0.39, 0.29) is 5.91 Å². The minimum Gasteiger partial charge on any atom is -0.497 e. The lowest BCUT2D eigenvalue weighted by Gasteiger charge is -2.17. The summed E-state index contributed by atoms with van der Waals surface area (Å²) in [5.74, 6) is 1.16. The lowest BCUT2D eigenvalue weighted by molar-refractivity contribution is 0.1000. The number of rotatable bonds is 3. The SMILES string of the molecule is COc1ccc(C2=NC(=O)c3ccccc3C2)c(OC)c1. The molecule has 0 N–H and O–H groups in total. The molecule has 1 amide bonds. The molecule has 3 rings (SSSR count). The number of fused-ring (bicyclic) bond motifs is 1. The van der Waals surface area contributed by atoms with Crippen LogP contribution in [-0.4, -0.2) is 25.8 Å². The number of methoxy groups -OCH3 is 2. The third kappa shape index (κ3) is 2.40. The standard InChI is InChI=1S/C17H15NO3/c1-20-12-7-8-14(16(10-12)21-2)15-9-11-5-3-4-6-13(11)17(19)18-15/h3-8,10H,9H2,1-2H3. The van der Waals surface area contributed by atoms with E-state index in [0.717, 1.165) is 16.8 Å². The van der Waals surface area contributed by atoms with Gasteiger partial charge in [0.15, 0.2) is 0 Å². The summed E-state index contributed by atoms with van der Waals surface area (Å²) in [5, 5.41) is 0. The van der Waals surface area contributed by atoms with E-state index in [2.05, 4.69) is 4.99 Å². The fourth-order valence-electron chi connectivity index (χ4n) is 2.48. The molecule has 4 heteroatoms. The molecule has 0 aliphatic carbocycles. The van der Waals surface area contributed by atoms with Crippen LogP contribution in [0.5, 0.6) is 11.5 Å². The molecule has 0 aromatic heterocycles. The molecule has 0 bridgehead atoms. The highest BCUT2D eigenvalue weighted by molar-refractivity contribution is 6.16. The number of aliphatic imine (C=N–C) groups is 1. The second-order valence-electron chi connectivity index (χ2n) is 4.76. The molecule has 0 radical (unpaired) electrons. The van der Waals surface area contributed by atoms with Gasteiger partial charge in [-0.2, -0.15) is 0 Å². The van der Waals surface area contributed by atoms with Gasteiger partial charge in [0.2, 0.25) is 0 Å². The third-order valence-corrected chi connectivity index (χ3v) is 3.56. The monoisotopic (exact) mass is 281 g/mol. The van der Waals surface area contributed by atoms with Gasteiger partial charge >= 0.3 is 0 Å². The number of hydrogen-bond acceptors (Lipinski definition) is 3. The van der Waals surface area contributed by atoms with E-state index < -0.39 is 0 Å². The molecule has 1 heterocycles.